The largest absolute Gasteiger partial charge is 0.455 e. The maximum atomic E-state index is 13.0. The van der Waals surface area contributed by atoms with Crippen LogP contribution in [0.15, 0.2) is 53.4 Å². The third kappa shape index (κ3) is 4.39. The van der Waals surface area contributed by atoms with E-state index >= 15 is 0 Å². The van der Waals surface area contributed by atoms with Crippen molar-refractivity contribution < 1.29 is 22.7 Å². The molecule has 0 N–H and O–H groups in total. The summed E-state index contributed by atoms with van der Waals surface area (Å²) in [6.45, 7) is 4.27. The number of fused-ring (bicyclic) bond motifs is 1. The Bertz CT molecular complexity index is 1130. The number of hydrogen-bond donors (Lipinski definition) is 0. The van der Waals surface area contributed by atoms with Gasteiger partial charge in [0, 0.05) is 13.1 Å². The zero-order valence-electron chi connectivity index (χ0n) is 16.6. The van der Waals surface area contributed by atoms with Gasteiger partial charge in [0.25, 0.3) is 0 Å². The van der Waals surface area contributed by atoms with E-state index in [1.54, 1.807) is 12.1 Å². The summed E-state index contributed by atoms with van der Waals surface area (Å²) in [7, 11) is -3.73. The first kappa shape index (κ1) is 20.9. The zero-order valence-corrected chi connectivity index (χ0v) is 18.3. The van der Waals surface area contributed by atoms with Gasteiger partial charge in [-0.05, 0) is 44.2 Å². The minimum absolute atomic E-state index is 0.0354. The molecule has 3 aromatic rings. The number of benzene rings is 2. The van der Waals surface area contributed by atoms with E-state index in [1.165, 1.54) is 27.8 Å². The third-order valence-corrected chi connectivity index (χ3v) is 7.60. The van der Waals surface area contributed by atoms with Gasteiger partial charge in [-0.1, -0.05) is 18.2 Å². The van der Waals surface area contributed by atoms with E-state index in [0.717, 1.165) is 10.2 Å². The molecule has 2 aromatic carbocycles. The summed E-state index contributed by atoms with van der Waals surface area (Å²) in [6.07, 6.45) is -0.379. The van der Waals surface area contributed by atoms with E-state index in [1.807, 2.05) is 38.1 Å². The molecule has 4 rings (SSSR count). The Morgan fingerprint density at radius 2 is 1.90 bits per heavy atom. The van der Waals surface area contributed by atoms with E-state index < -0.39 is 16.0 Å². The molecule has 30 heavy (non-hydrogen) atoms. The molecule has 1 aromatic heterocycles. The molecule has 158 valence electrons. The minimum atomic E-state index is -3.73. The molecule has 1 aliphatic rings. The molecule has 0 bridgehead atoms. The highest BCUT2D eigenvalue weighted by Gasteiger charge is 2.32. The molecule has 0 aliphatic carbocycles. The number of rotatable bonds is 5. The van der Waals surface area contributed by atoms with Crippen LogP contribution in [0.1, 0.15) is 29.2 Å². The van der Waals surface area contributed by atoms with E-state index in [9.17, 15) is 13.2 Å². The SMILES string of the molecule is CC1CN(S(=O)(=O)c2cccc(C(=O)OCc3nc4ccccc4s3)c2)CC(C)O1. The molecule has 1 saturated heterocycles. The topological polar surface area (TPSA) is 85.8 Å². The summed E-state index contributed by atoms with van der Waals surface area (Å²) in [5.74, 6) is -0.588. The van der Waals surface area contributed by atoms with Gasteiger partial charge in [-0.3, -0.25) is 0 Å². The second-order valence-corrected chi connectivity index (χ2v) is 10.3. The molecular formula is C21H22N2O5S2. The summed E-state index contributed by atoms with van der Waals surface area (Å²) < 4.78 is 39.5. The number of morpholine rings is 1. The van der Waals surface area contributed by atoms with Gasteiger partial charge in [-0.2, -0.15) is 4.31 Å². The molecule has 1 fully saturated rings. The fraction of sp³-hybridized carbons (Fsp3) is 0.333. The maximum Gasteiger partial charge on any atom is 0.338 e. The van der Waals surface area contributed by atoms with Crippen LogP contribution in [-0.2, 0) is 26.1 Å². The Morgan fingerprint density at radius 3 is 2.63 bits per heavy atom. The Kier molecular flexibility index (Phi) is 5.88. The molecule has 0 amide bonds. The second-order valence-electron chi connectivity index (χ2n) is 7.26. The Morgan fingerprint density at radius 1 is 1.17 bits per heavy atom. The lowest BCUT2D eigenvalue weighted by molar-refractivity contribution is -0.0440. The number of thiazole rings is 1. The van der Waals surface area contributed by atoms with Crippen LogP contribution in [0.4, 0.5) is 0 Å². The van der Waals surface area contributed by atoms with Crippen molar-refractivity contribution in [3.05, 3.63) is 59.1 Å². The van der Waals surface area contributed by atoms with Crippen LogP contribution in [0, 0.1) is 0 Å². The zero-order chi connectivity index (χ0) is 21.3. The fourth-order valence-electron chi connectivity index (χ4n) is 3.45. The van der Waals surface area contributed by atoms with Crippen LogP contribution in [-0.4, -0.2) is 49.0 Å². The average molecular weight is 447 g/mol. The number of hydrogen-bond acceptors (Lipinski definition) is 7. The third-order valence-electron chi connectivity index (χ3n) is 4.76. The number of para-hydroxylation sites is 1. The first-order valence-electron chi connectivity index (χ1n) is 9.60. The van der Waals surface area contributed by atoms with Gasteiger partial charge in [-0.25, -0.2) is 18.2 Å². The van der Waals surface area contributed by atoms with Crippen molar-refractivity contribution in [2.75, 3.05) is 13.1 Å². The van der Waals surface area contributed by atoms with Gasteiger partial charge in [0.2, 0.25) is 10.0 Å². The van der Waals surface area contributed by atoms with Crippen LogP contribution in [0.5, 0.6) is 0 Å². The predicted octanol–water partition coefficient (Wildman–Crippen LogP) is 3.45. The number of carbonyl (C=O) groups is 1. The Balaban J connectivity index is 1.48. The number of nitrogens with zero attached hydrogens (tertiary/aromatic N) is 2. The van der Waals surface area contributed by atoms with Crippen LogP contribution < -0.4 is 0 Å². The van der Waals surface area contributed by atoms with Gasteiger partial charge in [-0.15, -0.1) is 11.3 Å². The van der Waals surface area contributed by atoms with Crippen molar-refractivity contribution >= 4 is 37.5 Å². The van der Waals surface area contributed by atoms with Gasteiger partial charge < -0.3 is 9.47 Å². The highest BCUT2D eigenvalue weighted by Crippen LogP contribution is 2.24. The number of carbonyl (C=O) groups excluding carboxylic acids is 1. The van der Waals surface area contributed by atoms with E-state index in [-0.39, 0.29) is 42.4 Å². The van der Waals surface area contributed by atoms with Crippen molar-refractivity contribution in [2.45, 2.75) is 37.6 Å². The number of aromatic nitrogens is 1. The first-order valence-corrected chi connectivity index (χ1v) is 11.9. The molecule has 2 unspecified atom stereocenters. The predicted molar refractivity (Wildman–Crippen MR) is 114 cm³/mol. The van der Waals surface area contributed by atoms with Crippen molar-refractivity contribution in [2.24, 2.45) is 0 Å². The summed E-state index contributed by atoms with van der Waals surface area (Å²) in [5.41, 5.74) is 1.04. The quantitative estimate of drug-likeness (QED) is 0.558. The van der Waals surface area contributed by atoms with E-state index in [4.69, 9.17) is 9.47 Å². The molecule has 0 radical (unpaired) electrons. The monoisotopic (exact) mass is 446 g/mol. The van der Waals surface area contributed by atoms with Crippen molar-refractivity contribution in [3.8, 4) is 0 Å². The number of sulfonamides is 1. The van der Waals surface area contributed by atoms with Crippen LogP contribution in [0.2, 0.25) is 0 Å². The van der Waals surface area contributed by atoms with Crippen LogP contribution in [0.25, 0.3) is 10.2 Å². The molecular weight excluding hydrogens is 424 g/mol. The van der Waals surface area contributed by atoms with Gasteiger partial charge in [0.15, 0.2) is 0 Å². The first-order chi connectivity index (χ1) is 14.3. The summed E-state index contributed by atoms with van der Waals surface area (Å²) in [5, 5.41) is 0.685. The molecule has 7 nitrogen and oxygen atoms in total. The molecule has 2 heterocycles. The second kappa shape index (κ2) is 8.43. The lowest BCUT2D eigenvalue weighted by Gasteiger charge is -2.34. The van der Waals surface area contributed by atoms with Crippen LogP contribution in [0.3, 0.4) is 0 Å². The molecule has 0 saturated carbocycles. The van der Waals surface area contributed by atoms with Crippen molar-refractivity contribution in [1.29, 1.82) is 0 Å². The molecule has 1 aliphatic heterocycles. The lowest BCUT2D eigenvalue weighted by atomic mass is 10.2. The maximum absolute atomic E-state index is 13.0. The fourth-order valence-corrected chi connectivity index (χ4v) is 5.97. The highest BCUT2D eigenvalue weighted by atomic mass is 32.2. The standard InChI is InChI=1S/C21H22N2O5S2/c1-14-11-23(12-15(2)28-14)30(25,26)17-7-5-6-16(10-17)21(24)27-13-20-22-18-8-3-4-9-19(18)29-20/h3-10,14-15H,11-13H2,1-2H3. The van der Waals surface area contributed by atoms with Gasteiger partial charge in [0.1, 0.15) is 11.6 Å². The van der Waals surface area contributed by atoms with Crippen molar-refractivity contribution in [3.63, 3.8) is 0 Å². The molecule has 2 atom stereocenters. The van der Waals surface area contributed by atoms with Gasteiger partial charge >= 0.3 is 5.97 Å². The summed E-state index contributed by atoms with van der Waals surface area (Å²) >= 11 is 1.46. The summed E-state index contributed by atoms with van der Waals surface area (Å²) in [6, 6.07) is 13.6. The number of esters is 1. The lowest BCUT2D eigenvalue weighted by Crippen LogP contribution is -2.48. The molecule has 0 spiro atoms. The van der Waals surface area contributed by atoms with Crippen molar-refractivity contribution in [1.82, 2.24) is 9.29 Å². The Hall–Kier alpha value is -2.33. The molecule has 9 heteroatoms. The number of ether oxygens (including phenoxy) is 2. The van der Waals surface area contributed by atoms with E-state index in [2.05, 4.69) is 4.98 Å². The van der Waals surface area contributed by atoms with E-state index in [0.29, 0.717) is 5.01 Å². The summed E-state index contributed by atoms with van der Waals surface area (Å²) in [4.78, 5) is 17.0. The highest BCUT2D eigenvalue weighted by molar-refractivity contribution is 7.89. The normalized spacial score (nSPS) is 20.3. The average Bonchev–Trinajstić information content (AvgIpc) is 3.14. The minimum Gasteiger partial charge on any atom is -0.455 e. The van der Waals surface area contributed by atoms with Crippen LogP contribution >= 0.6 is 11.3 Å². The smallest absolute Gasteiger partial charge is 0.338 e. The van der Waals surface area contributed by atoms with Gasteiger partial charge in [0.05, 0.1) is 32.9 Å². The Labute approximate surface area is 179 Å².